The number of carbonyl (C=O) groups is 2. The molecule has 7 heteroatoms. The number of aromatic nitrogens is 1. The Morgan fingerprint density at radius 2 is 2.05 bits per heavy atom. The van der Waals surface area contributed by atoms with Gasteiger partial charge in [0, 0.05) is 11.9 Å². The van der Waals surface area contributed by atoms with E-state index in [-0.39, 0.29) is 22.0 Å². The Kier molecular flexibility index (Phi) is 3.76. The fraction of sp³-hybridized carbons (Fsp3) is 0.154. The van der Waals surface area contributed by atoms with Crippen molar-refractivity contribution < 1.29 is 19.1 Å². The van der Waals surface area contributed by atoms with E-state index in [1.807, 2.05) is 0 Å². The maximum Gasteiger partial charge on any atom is 0.337 e. The summed E-state index contributed by atoms with van der Waals surface area (Å²) in [4.78, 5) is 27.1. The topological polar surface area (TPSA) is 92.4 Å². The Morgan fingerprint density at radius 3 is 2.60 bits per heavy atom. The van der Waals surface area contributed by atoms with Gasteiger partial charge in [-0.05, 0) is 25.1 Å². The van der Waals surface area contributed by atoms with Crippen molar-refractivity contribution in [3.05, 3.63) is 46.1 Å². The van der Waals surface area contributed by atoms with Crippen LogP contribution in [0.25, 0.3) is 0 Å². The van der Waals surface area contributed by atoms with Crippen molar-refractivity contribution in [2.45, 2.75) is 13.8 Å². The van der Waals surface area contributed by atoms with Gasteiger partial charge in [-0.3, -0.25) is 4.79 Å². The number of benzene rings is 1. The number of carboxylic acids is 1. The molecule has 1 amide bonds. The lowest BCUT2D eigenvalue weighted by Gasteiger charge is -2.07. The molecule has 0 saturated carbocycles. The Balaban J connectivity index is 2.33. The smallest absolute Gasteiger partial charge is 0.337 e. The number of hydrogen-bond acceptors (Lipinski definition) is 4. The summed E-state index contributed by atoms with van der Waals surface area (Å²) in [6.07, 6.45) is 0. The minimum atomic E-state index is -1.19. The Hall–Kier alpha value is -2.34. The van der Waals surface area contributed by atoms with Gasteiger partial charge in [0.15, 0.2) is 5.89 Å². The lowest BCUT2D eigenvalue weighted by molar-refractivity contribution is 0.0698. The van der Waals surface area contributed by atoms with Crippen LogP contribution < -0.4 is 5.32 Å². The zero-order valence-corrected chi connectivity index (χ0v) is 11.5. The number of hydrogen-bond donors (Lipinski definition) is 2. The largest absolute Gasteiger partial charge is 0.478 e. The van der Waals surface area contributed by atoms with Crippen LogP contribution >= 0.6 is 11.6 Å². The number of oxazole rings is 1. The molecular weight excluding hydrogens is 284 g/mol. The van der Waals surface area contributed by atoms with E-state index in [0.717, 1.165) is 0 Å². The summed E-state index contributed by atoms with van der Waals surface area (Å²) in [6, 6.07) is 4.17. The average Bonchev–Trinajstić information content (AvgIpc) is 2.70. The minimum Gasteiger partial charge on any atom is -0.478 e. The molecule has 0 fully saturated rings. The summed E-state index contributed by atoms with van der Waals surface area (Å²) in [7, 11) is 0. The first-order valence-corrected chi connectivity index (χ1v) is 6.04. The van der Waals surface area contributed by atoms with Crippen LogP contribution in [-0.4, -0.2) is 22.0 Å². The van der Waals surface area contributed by atoms with Gasteiger partial charge in [-0.15, -0.1) is 0 Å². The molecule has 1 aromatic carbocycles. The van der Waals surface area contributed by atoms with Crippen LogP contribution in [0.15, 0.2) is 22.6 Å². The van der Waals surface area contributed by atoms with Gasteiger partial charge in [0.25, 0.3) is 5.91 Å². The number of rotatable bonds is 3. The Bertz CT molecular complexity index is 694. The molecule has 2 aromatic rings. The van der Waals surface area contributed by atoms with Crippen LogP contribution in [-0.2, 0) is 0 Å². The van der Waals surface area contributed by atoms with Crippen molar-refractivity contribution in [3.8, 4) is 0 Å². The van der Waals surface area contributed by atoms with E-state index in [4.69, 9.17) is 21.1 Å². The molecule has 6 nitrogen and oxygen atoms in total. The van der Waals surface area contributed by atoms with E-state index in [2.05, 4.69) is 10.3 Å². The van der Waals surface area contributed by atoms with Gasteiger partial charge >= 0.3 is 5.97 Å². The molecular formula is C13H11ClN2O4. The van der Waals surface area contributed by atoms with Crippen molar-refractivity contribution in [2.75, 3.05) is 5.32 Å². The fourth-order valence-electron chi connectivity index (χ4n) is 1.72. The van der Waals surface area contributed by atoms with Crippen LogP contribution in [0.2, 0.25) is 5.02 Å². The third kappa shape index (κ3) is 2.80. The maximum absolute atomic E-state index is 12.0. The van der Waals surface area contributed by atoms with Crippen molar-refractivity contribution in [1.82, 2.24) is 4.98 Å². The summed E-state index contributed by atoms with van der Waals surface area (Å²) < 4.78 is 5.18. The van der Waals surface area contributed by atoms with Gasteiger partial charge in [-0.2, -0.15) is 0 Å². The molecule has 0 aliphatic heterocycles. The molecule has 0 saturated heterocycles. The fourth-order valence-corrected chi connectivity index (χ4v) is 1.90. The van der Waals surface area contributed by atoms with Crippen LogP contribution in [0, 0.1) is 13.8 Å². The number of aromatic carboxylic acids is 1. The molecule has 104 valence electrons. The Morgan fingerprint density at radius 1 is 1.35 bits per heavy atom. The summed E-state index contributed by atoms with van der Waals surface area (Å²) in [5, 5.41) is 11.8. The molecule has 1 aromatic heterocycles. The number of amides is 1. The van der Waals surface area contributed by atoms with Gasteiger partial charge < -0.3 is 14.8 Å². The molecule has 0 aliphatic carbocycles. The van der Waals surface area contributed by atoms with E-state index >= 15 is 0 Å². The number of aryl methyl sites for hydroxylation is 2. The predicted molar refractivity (Wildman–Crippen MR) is 72.3 cm³/mol. The van der Waals surface area contributed by atoms with Gasteiger partial charge in [0.1, 0.15) is 0 Å². The molecule has 0 spiro atoms. The van der Waals surface area contributed by atoms with Crippen LogP contribution in [0.3, 0.4) is 0 Å². The van der Waals surface area contributed by atoms with Crippen molar-refractivity contribution in [3.63, 3.8) is 0 Å². The summed E-state index contributed by atoms with van der Waals surface area (Å²) in [5.41, 5.74) is 0.478. The summed E-state index contributed by atoms with van der Waals surface area (Å²) >= 11 is 5.74. The number of carboxylic acid groups (broad SMARTS) is 1. The molecule has 20 heavy (non-hydrogen) atoms. The van der Waals surface area contributed by atoms with E-state index in [9.17, 15) is 9.59 Å². The van der Waals surface area contributed by atoms with E-state index in [1.54, 1.807) is 13.8 Å². The number of nitrogens with one attached hydrogen (secondary N) is 1. The summed E-state index contributed by atoms with van der Waals surface area (Å²) in [5.74, 6) is -1.34. The second-order valence-electron chi connectivity index (χ2n) is 4.10. The van der Waals surface area contributed by atoms with Gasteiger partial charge in [0.2, 0.25) is 5.76 Å². The highest BCUT2D eigenvalue weighted by Crippen LogP contribution is 2.22. The number of anilines is 1. The second kappa shape index (κ2) is 5.34. The molecule has 0 unspecified atom stereocenters. The molecule has 1 heterocycles. The lowest BCUT2D eigenvalue weighted by atomic mass is 10.1. The highest BCUT2D eigenvalue weighted by molar-refractivity contribution is 6.31. The molecule has 2 N–H and O–H groups in total. The van der Waals surface area contributed by atoms with E-state index in [1.165, 1.54) is 18.2 Å². The second-order valence-corrected chi connectivity index (χ2v) is 4.53. The van der Waals surface area contributed by atoms with Crippen molar-refractivity contribution in [1.29, 1.82) is 0 Å². The number of nitrogens with zero attached hydrogens (tertiary/aromatic N) is 1. The van der Waals surface area contributed by atoms with Crippen molar-refractivity contribution >= 4 is 29.2 Å². The molecule has 0 aliphatic rings. The minimum absolute atomic E-state index is 0.0498. The van der Waals surface area contributed by atoms with Crippen LogP contribution in [0.1, 0.15) is 32.5 Å². The number of halogens is 1. The third-order valence-electron chi connectivity index (χ3n) is 2.57. The van der Waals surface area contributed by atoms with Crippen LogP contribution in [0.5, 0.6) is 0 Å². The first-order valence-electron chi connectivity index (χ1n) is 5.66. The molecule has 0 atom stereocenters. The standard InChI is InChI=1S/C13H11ClN2O4/c1-6-11(20-7(2)15-6)12(17)16-10-4-3-8(14)5-9(10)13(18)19/h3-5H,1-2H3,(H,16,17)(H,18,19). The quantitative estimate of drug-likeness (QED) is 0.908. The zero-order chi connectivity index (χ0) is 14.9. The first kappa shape index (κ1) is 14.1. The normalized spacial score (nSPS) is 10.3. The third-order valence-corrected chi connectivity index (χ3v) is 2.81. The molecule has 2 rings (SSSR count). The average molecular weight is 295 g/mol. The highest BCUT2D eigenvalue weighted by Gasteiger charge is 2.19. The monoisotopic (exact) mass is 294 g/mol. The van der Waals surface area contributed by atoms with Gasteiger partial charge in [-0.25, -0.2) is 9.78 Å². The van der Waals surface area contributed by atoms with Gasteiger partial charge in [0.05, 0.1) is 16.9 Å². The van der Waals surface area contributed by atoms with E-state index in [0.29, 0.717) is 11.6 Å². The first-order chi connectivity index (χ1) is 9.38. The van der Waals surface area contributed by atoms with Crippen LogP contribution in [0.4, 0.5) is 5.69 Å². The maximum atomic E-state index is 12.0. The summed E-state index contributed by atoms with van der Waals surface area (Å²) in [6.45, 7) is 3.25. The molecule has 0 radical (unpaired) electrons. The SMILES string of the molecule is Cc1nc(C)c(C(=O)Nc2ccc(Cl)cc2C(=O)O)o1. The predicted octanol–water partition coefficient (Wildman–Crippen LogP) is 2.90. The lowest BCUT2D eigenvalue weighted by Crippen LogP contribution is -2.15. The Labute approximate surface area is 119 Å². The highest BCUT2D eigenvalue weighted by atomic mass is 35.5. The van der Waals surface area contributed by atoms with E-state index < -0.39 is 11.9 Å². The molecule has 0 bridgehead atoms. The number of carbonyl (C=O) groups excluding carboxylic acids is 1. The van der Waals surface area contributed by atoms with Crippen molar-refractivity contribution in [2.24, 2.45) is 0 Å². The van der Waals surface area contributed by atoms with Gasteiger partial charge in [-0.1, -0.05) is 11.6 Å². The zero-order valence-electron chi connectivity index (χ0n) is 10.7.